The van der Waals surface area contributed by atoms with Gasteiger partial charge in [-0.05, 0) is 183 Å². The van der Waals surface area contributed by atoms with Gasteiger partial charge in [0, 0.05) is 87.2 Å². The minimum Gasteiger partial charge on any atom is -0.399 e. The third-order valence-electron chi connectivity index (χ3n) is 19.9. The fourth-order valence-corrected chi connectivity index (χ4v) is 16.8. The Kier molecular flexibility index (Phi) is 27.7. The van der Waals surface area contributed by atoms with Gasteiger partial charge in [-0.1, -0.05) is 92.4 Å². The molecule has 0 aliphatic heterocycles. The number of hydrogen-bond acceptors (Lipinski definition) is 23. The zero-order valence-corrected chi connectivity index (χ0v) is 72.2. The predicted octanol–water partition coefficient (Wildman–Crippen LogP) is 15.8. The van der Waals surface area contributed by atoms with Crippen LogP contribution in [0.2, 0.25) is 0 Å². The zero-order valence-electron chi connectivity index (χ0n) is 69.0. The van der Waals surface area contributed by atoms with Gasteiger partial charge in [0.15, 0.2) is 61.9 Å². The molecule has 0 saturated carbocycles. The number of hydrogen-bond donors (Lipinski definition) is 11. The van der Waals surface area contributed by atoms with E-state index >= 15 is 0 Å². The smallest absolute Gasteiger partial charge is 0.255 e. The number of rotatable bonds is 22. The maximum absolute atomic E-state index is 12.7. The molecule has 126 heavy (non-hydrogen) atoms. The van der Waals surface area contributed by atoms with Gasteiger partial charge < -0.3 is 58.0 Å². The Morgan fingerprint density at radius 3 is 0.857 bits per heavy atom. The number of carbonyl (C=O) groups is 4. The SMILES string of the molecule is C.CC(C)S(=O)(=O)c1ccc(-c2cnc3[nH]cc(NC(=O)c4ccc(N)cc4)c3n2)cc1.CC(C)S(=O)(=O)c1ccc(-c2cnc3[nH]cc(NC(=O)c4cccc(N)c4)c3n2)cc1.CC(C)S(=O)(=O)c1ccc(-c2cnc3[nH]cc(NC(=O)c4ccccc4)c3n2)cc1.CNCc1ccc(C(=O)Nc2c[nH]c3ncc(-c4ccc(S(=O)(=O)C(C)C)cc4)nc23)cc1. The number of anilines is 6. The average Bonchev–Trinajstić information content (AvgIpc) is 1.52. The maximum Gasteiger partial charge on any atom is 0.255 e. The number of aromatic amines is 4. The van der Waals surface area contributed by atoms with Crippen molar-refractivity contribution in [2.75, 3.05) is 39.8 Å². The second-order valence-electron chi connectivity index (χ2n) is 29.7. The summed E-state index contributed by atoms with van der Waals surface area (Å²) < 4.78 is 98.6. The highest BCUT2D eigenvalue weighted by molar-refractivity contribution is 7.93. The van der Waals surface area contributed by atoms with E-state index in [9.17, 15) is 52.8 Å². The van der Waals surface area contributed by atoms with Gasteiger partial charge in [-0.2, -0.15) is 0 Å². The summed E-state index contributed by atoms with van der Waals surface area (Å²) in [5, 5.41) is 12.5. The lowest BCUT2D eigenvalue weighted by atomic mass is 10.1. The summed E-state index contributed by atoms with van der Waals surface area (Å²) in [5.74, 6) is -1.10. The summed E-state index contributed by atoms with van der Waals surface area (Å²) >= 11 is 0. The Morgan fingerprint density at radius 1 is 0.325 bits per heavy atom. The van der Waals surface area contributed by atoms with Crippen LogP contribution in [0.15, 0.2) is 269 Å². The first-order chi connectivity index (χ1) is 59.7. The highest BCUT2D eigenvalue weighted by atomic mass is 32.2. The van der Waals surface area contributed by atoms with Gasteiger partial charge in [-0.25, -0.2) is 73.5 Å². The molecule has 0 unspecified atom stereocenters. The van der Waals surface area contributed by atoms with E-state index < -0.39 is 60.3 Å². The first-order valence-corrected chi connectivity index (χ1v) is 45.3. The van der Waals surface area contributed by atoms with Crippen LogP contribution in [0.1, 0.15) is 110 Å². The molecule has 31 nitrogen and oxygen atoms in total. The second-order valence-corrected chi connectivity index (χ2v) is 39.8. The quantitative estimate of drug-likeness (QED) is 0.0281. The largest absolute Gasteiger partial charge is 0.399 e. The van der Waals surface area contributed by atoms with Crippen molar-refractivity contribution in [3.05, 3.63) is 278 Å². The highest BCUT2D eigenvalue weighted by Crippen LogP contribution is 2.33. The topological polar surface area (TPSA) is 483 Å². The third kappa shape index (κ3) is 20.5. The molecule has 8 heterocycles. The normalized spacial score (nSPS) is 11.6. The molecule has 646 valence electrons. The lowest BCUT2D eigenvalue weighted by molar-refractivity contribution is 0.101. The van der Waals surface area contributed by atoms with Gasteiger partial charge in [0.25, 0.3) is 23.6 Å². The van der Waals surface area contributed by atoms with E-state index in [1.54, 1.807) is 287 Å². The van der Waals surface area contributed by atoms with E-state index in [0.29, 0.717) is 135 Å². The average molecular weight is 1770 g/mol. The van der Waals surface area contributed by atoms with E-state index in [1.165, 1.54) is 0 Å². The molecule has 0 fully saturated rings. The van der Waals surface area contributed by atoms with Crippen LogP contribution < -0.4 is 38.1 Å². The maximum atomic E-state index is 12.7. The molecule has 0 aliphatic rings. The molecule has 35 heteroatoms. The number of aromatic nitrogens is 12. The molecule has 16 aromatic rings. The Balaban J connectivity index is 0.000000152. The standard InChI is InChI=1S/C24H25N5O3S.2C22H21N5O3S.C22H20N4O3S.CH4/c1-15(2)33(31,32)19-10-8-17(9-11-19)20-13-26-23-22(28-20)21(14-27-23)29-24(30)18-6-4-16(5-7-18)12-25-3;1-13(2)31(29,30)17-9-5-14(6-10-17)18-11-24-21-20(26-18)19(12-25-21)27-22(28)15-3-7-16(23)8-4-15;1-13(2)31(29,30)17-8-6-14(7-9-17)18-11-24-21-20(26-18)19(12-25-21)27-22(28)15-4-3-5-16(23)10-15;1-14(2)30(28,29)17-10-8-15(9-11-17)18-12-23-21-20(25-18)19(13-24-21)26-22(27)16-6-4-3-5-7-16;/h4-11,13-15,25H,12H2,1-3H3,(H,26,27)(H,29,30);2*3-13H,23H2,1-2H3,(H,24,25)(H,27,28);3-14H,1-2H3,(H,23,24)(H,26,27);1H4. The molecule has 16 rings (SSSR count). The van der Waals surface area contributed by atoms with Crippen molar-refractivity contribution in [1.82, 2.24) is 65.1 Å². The Hall–Kier alpha value is -14.5. The molecule has 0 radical (unpaired) electrons. The van der Waals surface area contributed by atoms with Gasteiger partial charge in [0.1, 0.15) is 22.1 Å². The summed E-state index contributed by atoms with van der Waals surface area (Å²) in [5.41, 5.74) is 26.9. The third-order valence-corrected chi connectivity index (χ3v) is 28.5. The van der Waals surface area contributed by atoms with E-state index in [1.807, 2.05) is 25.2 Å². The summed E-state index contributed by atoms with van der Waals surface area (Å²) in [6.07, 6.45) is 12.9. The molecule has 4 amide bonds. The fraction of sp³-hybridized carbons (Fsp3) is 0.165. The van der Waals surface area contributed by atoms with Gasteiger partial charge >= 0.3 is 0 Å². The van der Waals surface area contributed by atoms with Gasteiger partial charge in [0.2, 0.25) is 0 Å². The Labute approximate surface area is 727 Å². The van der Waals surface area contributed by atoms with E-state index in [0.717, 1.165) is 23.2 Å². The van der Waals surface area contributed by atoms with Crippen LogP contribution in [-0.4, -0.2) is 145 Å². The number of benzene rings is 8. The molecule has 0 saturated heterocycles. The molecule has 0 aliphatic carbocycles. The lowest BCUT2D eigenvalue weighted by Crippen LogP contribution is -2.13. The van der Waals surface area contributed by atoms with Gasteiger partial charge in [-0.15, -0.1) is 0 Å². The van der Waals surface area contributed by atoms with Crippen molar-refractivity contribution in [3.8, 4) is 45.0 Å². The summed E-state index contributed by atoms with van der Waals surface area (Å²) in [6, 6.07) is 55.7. The van der Waals surface area contributed by atoms with Crippen molar-refractivity contribution < 1.29 is 52.8 Å². The summed E-state index contributed by atoms with van der Waals surface area (Å²) in [6.45, 7) is 13.9. The Bertz CT molecular complexity index is 7160. The molecular formula is C91H91N19O12S4. The zero-order chi connectivity index (χ0) is 89.2. The van der Waals surface area contributed by atoms with Crippen LogP contribution >= 0.6 is 0 Å². The van der Waals surface area contributed by atoms with E-state index in [2.05, 4.69) is 86.4 Å². The molecule has 0 bridgehead atoms. The molecule has 8 aromatic carbocycles. The van der Waals surface area contributed by atoms with Gasteiger partial charge in [0.05, 0.1) is 111 Å². The number of nitrogens with zero attached hydrogens (tertiary/aromatic N) is 8. The fourth-order valence-electron chi connectivity index (χ4n) is 12.5. The number of nitrogens with two attached hydrogens (primary N) is 2. The molecule has 8 aromatic heterocycles. The van der Waals surface area contributed by atoms with Gasteiger partial charge in [-0.3, -0.25) is 19.2 Å². The van der Waals surface area contributed by atoms with Crippen LogP contribution in [0.3, 0.4) is 0 Å². The van der Waals surface area contributed by atoms with Crippen LogP contribution in [0.5, 0.6) is 0 Å². The minimum absolute atomic E-state index is 0. The molecule has 0 atom stereocenters. The summed E-state index contributed by atoms with van der Waals surface area (Å²) in [4.78, 5) is 99.3. The predicted molar refractivity (Wildman–Crippen MR) is 492 cm³/mol. The minimum atomic E-state index is -3.35. The first-order valence-electron chi connectivity index (χ1n) is 39.2. The van der Waals surface area contributed by atoms with Crippen molar-refractivity contribution >= 4 is 142 Å². The number of carbonyl (C=O) groups excluding carboxylic acids is 4. The number of amides is 4. The van der Waals surface area contributed by atoms with E-state index in [4.69, 9.17) is 11.5 Å². The first kappa shape index (κ1) is 90.7. The molecule has 13 N–H and O–H groups in total. The van der Waals surface area contributed by atoms with Crippen LogP contribution in [0.25, 0.3) is 89.7 Å². The van der Waals surface area contributed by atoms with Crippen LogP contribution in [0, 0.1) is 0 Å². The number of sulfone groups is 4. The second kappa shape index (κ2) is 38.5. The van der Waals surface area contributed by atoms with Crippen molar-refractivity contribution in [2.24, 2.45) is 0 Å². The van der Waals surface area contributed by atoms with Crippen molar-refractivity contribution in [2.45, 2.75) is 110 Å². The number of H-pyrrole nitrogens is 4. The Morgan fingerprint density at radius 2 is 0.587 bits per heavy atom. The molecule has 0 spiro atoms. The van der Waals surface area contributed by atoms with Crippen molar-refractivity contribution in [3.63, 3.8) is 0 Å². The molecular weight excluding hydrogens is 1680 g/mol. The number of nitrogen functional groups attached to an aromatic ring is 2. The number of fused-ring (bicyclic) bond motifs is 4. The summed E-state index contributed by atoms with van der Waals surface area (Å²) in [7, 11) is -11.5. The van der Waals surface area contributed by atoms with Crippen molar-refractivity contribution in [1.29, 1.82) is 0 Å². The highest BCUT2D eigenvalue weighted by Gasteiger charge is 2.26. The van der Waals surface area contributed by atoms with E-state index in [-0.39, 0.29) is 50.6 Å². The lowest BCUT2D eigenvalue weighted by Gasteiger charge is -2.09. The monoisotopic (exact) mass is 1770 g/mol. The van der Waals surface area contributed by atoms with Crippen LogP contribution in [0.4, 0.5) is 34.1 Å². The number of nitrogens with one attached hydrogen (secondary N) is 9. The van der Waals surface area contributed by atoms with Crippen LogP contribution in [-0.2, 0) is 45.9 Å².